The van der Waals surface area contributed by atoms with Gasteiger partial charge in [-0.1, -0.05) is 20.3 Å². The second-order valence-electron chi connectivity index (χ2n) is 6.51. The molecule has 0 bridgehead atoms. The maximum absolute atomic E-state index is 12.6. The fourth-order valence-electron chi connectivity index (χ4n) is 2.93. The Morgan fingerprint density at radius 3 is 2.91 bits per heavy atom. The summed E-state index contributed by atoms with van der Waals surface area (Å²) in [7, 11) is 1.80. The highest BCUT2D eigenvalue weighted by Gasteiger charge is 2.23. The lowest BCUT2D eigenvalue weighted by atomic mass is 10.00. The van der Waals surface area contributed by atoms with Crippen molar-refractivity contribution in [1.82, 2.24) is 14.8 Å². The van der Waals surface area contributed by atoms with E-state index in [4.69, 9.17) is 0 Å². The molecule has 1 fully saturated rings. The number of unbranched alkanes of at least 4 members (excludes halogenated alkanes) is 1. The van der Waals surface area contributed by atoms with Crippen LogP contribution in [-0.4, -0.2) is 53.3 Å². The summed E-state index contributed by atoms with van der Waals surface area (Å²) >= 11 is 0. The van der Waals surface area contributed by atoms with Gasteiger partial charge in [0.25, 0.3) is 11.8 Å². The molecule has 2 heterocycles. The lowest BCUT2D eigenvalue weighted by Crippen LogP contribution is -2.39. The molecule has 0 radical (unpaired) electrons. The lowest BCUT2D eigenvalue weighted by Gasteiger charge is -2.30. The third-order valence-corrected chi connectivity index (χ3v) is 4.36. The van der Waals surface area contributed by atoms with Crippen LogP contribution in [0.3, 0.4) is 0 Å². The van der Waals surface area contributed by atoms with Gasteiger partial charge in [0, 0.05) is 38.4 Å². The van der Waals surface area contributed by atoms with E-state index in [0.29, 0.717) is 17.2 Å². The van der Waals surface area contributed by atoms with Gasteiger partial charge in [0.2, 0.25) is 0 Å². The maximum atomic E-state index is 12.6. The molecule has 5 heteroatoms. The van der Waals surface area contributed by atoms with Crippen molar-refractivity contribution in [2.75, 3.05) is 26.7 Å². The van der Waals surface area contributed by atoms with E-state index in [9.17, 15) is 9.59 Å². The van der Waals surface area contributed by atoms with Crippen molar-refractivity contribution in [2.45, 2.75) is 39.5 Å². The SMILES string of the molecule is CCCCN(C)C(=O)c1ccnc(C(=O)N2CCCC(C)C2)c1. The highest BCUT2D eigenvalue weighted by atomic mass is 16.2. The van der Waals surface area contributed by atoms with E-state index in [1.54, 1.807) is 30.3 Å². The van der Waals surface area contributed by atoms with Gasteiger partial charge in [0.1, 0.15) is 5.69 Å². The molecule has 1 aliphatic heterocycles. The quantitative estimate of drug-likeness (QED) is 0.839. The molecular formula is C18H27N3O2. The number of piperidine rings is 1. The molecule has 126 valence electrons. The fourth-order valence-corrected chi connectivity index (χ4v) is 2.93. The van der Waals surface area contributed by atoms with Crippen LogP contribution in [0, 0.1) is 5.92 Å². The Morgan fingerprint density at radius 2 is 2.22 bits per heavy atom. The molecule has 1 aromatic rings. The number of carbonyl (C=O) groups excluding carboxylic acids is 2. The first-order chi connectivity index (χ1) is 11.0. The zero-order chi connectivity index (χ0) is 16.8. The number of hydrogen-bond donors (Lipinski definition) is 0. The van der Waals surface area contributed by atoms with Crippen molar-refractivity contribution in [3.8, 4) is 0 Å². The number of rotatable bonds is 5. The van der Waals surface area contributed by atoms with Gasteiger partial charge in [-0.05, 0) is 37.3 Å². The van der Waals surface area contributed by atoms with E-state index in [-0.39, 0.29) is 11.8 Å². The molecule has 1 atom stereocenters. The smallest absolute Gasteiger partial charge is 0.272 e. The van der Waals surface area contributed by atoms with Gasteiger partial charge in [-0.2, -0.15) is 0 Å². The van der Waals surface area contributed by atoms with Crippen molar-refractivity contribution >= 4 is 11.8 Å². The lowest BCUT2D eigenvalue weighted by molar-refractivity contribution is 0.0677. The minimum absolute atomic E-state index is 0.0538. The predicted molar refractivity (Wildman–Crippen MR) is 90.4 cm³/mol. The molecule has 23 heavy (non-hydrogen) atoms. The summed E-state index contributed by atoms with van der Waals surface area (Å²) < 4.78 is 0. The first-order valence-electron chi connectivity index (χ1n) is 8.53. The molecule has 2 amide bonds. The summed E-state index contributed by atoms with van der Waals surface area (Å²) in [6, 6.07) is 3.31. The first-order valence-corrected chi connectivity index (χ1v) is 8.53. The van der Waals surface area contributed by atoms with E-state index in [1.807, 2.05) is 4.90 Å². The minimum atomic E-state index is -0.0672. The van der Waals surface area contributed by atoms with E-state index < -0.39 is 0 Å². The van der Waals surface area contributed by atoms with Gasteiger partial charge in [0.15, 0.2) is 0 Å². The molecule has 0 saturated carbocycles. The van der Waals surface area contributed by atoms with Crippen LogP contribution in [-0.2, 0) is 0 Å². The Balaban J connectivity index is 2.09. The Kier molecular flexibility index (Phi) is 6.13. The first kappa shape index (κ1) is 17.4. The summed E-state index contributed by atoms with van der Waals surface area (Å²) in [6.45, 7) is 6.54. The van der Waals surface area contributed by atoms with Crippen molar-refractivity contribution in [2.24, 2.45) is 5.92 Å². The van der Waals surface area contributed by atoms with Gasteiger partial charge >= 0.3 is 0 Å². The third kappa shape index (κ3) is 4.53. The van der Waals surface area contributed by atoms with Gasteiger partial charge in [-0.15, -0.1) is 0 Å². The number of likely N-dealkylation sites (tertiary alicyclic amines) is 1. The highest BCUT2D eigenvalue weighted by Crippen LogP contribution is 2.18. The fraction of sp³-hybridized carbons (Fsp3) is 0.611. The van der Waals surface area contributed by atoms with Crippen LogP contribution in [0.2, 0.25) is 0 Å². The summed E-state index contributed by atoms with van der Waals surface area (Å²) in [6.07, 6.45) is 5.78. The number of amides is 2. The van der Waals surface area contributed by atoms with Gasteiger partial charge in [-0.25, -0.2) is 0 Å². The van der Waals surface area contributed by atoms with Gasteiger partial charge in [0.05, 0.1) is 0 Å². The Bertz CT molecular complexity index is 559. The largest absolute Gasteiger partial charge is 0.342 e. The van der Waals surface area contributed by atoms with Crippen LogP contribution in [0.4, 0.5) is 0 Å². The molecule has 0 aliphatic carbocycles. The third-order valence-electron chi connectivity index (χ3n) is 4.36. The van der Waals surface area contributed by atoms with Crippen LogP contribution >= 0.6 is 0 Å². The van der Waals surface area contributed by atoms with E-state index >= 15 is 0 Å². The highest BCUT2D eigenvalue weighted by molar-refractivity contribution is 5.98. The Labute approximate surface area is 138 Å². The van der Waals surface area contributed by atoms with Crippen LogP contribution in [0.5, 0.6) is 0 Å². The second-order valence-corrected chi connectivity index (χ2v) is 6.51. The van der Waals surface area contributed by atoms with Crippen molar-refractivity contribution in [1.29, 1.82) is 0 Å². The topological polar surface area (TPSA) is 53.5 Å². The number of nitrogens with zero attached hydrogens (tertiary/aromatic N) is 3. The average molecular weight is 317 g/mol. The van der Waals surface area contributed by atoms with Crippen molar-refractivity contribution < 1.29 is 9.59 Å². The monoisotopic (exact) mass is 317 g/mol. The molecule has 1 unspecified atom stereocenters. The van der Waals surface area contributed by atoms with E-state index in [1.165, 1.54) is 0 Å². The van der Waals surface area contributed by atoms with Gasteiger partial charge in [-0.3, -0.25) is 14.6 Å². The number of aromatic nitrogens is 1. The molecule has 2 rings (SSSR count). The number of hydrogen-bond acceptors (Lipinski definition) is 3. The predicted octanol–water partition coefficient (Wildman–Crippen LogP) is 2.83. The number of carbonyl (C=O) groups is 2. The molecule has 5 nitrogen and oxygen atoms in total. The zero-order valence-corrected chi connectivity index (χ0v) is 14.4. The van der Waals surface area contributed by atoms with Gasteiger partial charge < -0.3 is 9.80 Å². The second kappa shape index (κ2) is 8.09. The molecule has 0 aromatic carbocycles. The molecule has 1 saturated heterocycles. The van der Waals surface area contributed by atoms with Crippen molar-refractivity contribution in [3.05, 3.63) is 29.6 Å². The molecular weight excluding hydrogens is 290 g/mol. The summed E-state index contributed by atoms with van der Waals surface area (Å²) in [5, 5.41) is 0. The van der Waals surface area contributed by atoms with E-state index in [0.717, 1.165) is 45.3 Å². The number of pyridine rings is 1. The Morgan fingerprint density at radius 1 is 1.43 bits per heavy atom. The summed E-state index contributed by atoms with van der Waals surface area (Å²) in [5.41, 5.74) is 0.904. The van der Waals surface area contributed by atoms with Crippen LogP contribution in [0.25, 0.3) is 0 Å². The summed E-state index contributed by atoms with van der Waals surface area (Å²) in [4.78, 5) is 32.8. The molecule has 1 aromatic heterocycles. The summed E-state index contributed by atoms with van der Waals surface area (Å²) in [5.74, 6) is 0.405. The minimum Gasteiger partial charge on any atom is -0.342 e. The zero-order valence-electron chi connectivity index (χ0n) is 14.4. The normalized spacial score (nSPS) is 17.9. The van der Waals surface area contributed by atoms with E-state index in [2.05, 4.69) is 18.8 Å². The Hall–Kier alpha value is -1.91. The molecule has 0 N–H and O–H groups in total. The van der Waals surface area contributed by atoms with Crippen molar-refractivity contribution in [3.63, 3.8) is 0 Å². The van der Waals surface area contributed by atoms with Crippen LogP contribution in [0.15, 0.2) is 18.3 Å². The van der Waals surface area contributed by atoms with Crippen LogP contribution in [0.1, 0.15) is 60.4 Å². The molecule has 0 spiro atoms. The standard InChI is InChI=1S/C18H27N3O2/c1-4-5-10-20(3)17(22)15-8-9-19-16(12-15)18(23)21-11-6-7-14(2)13-21/h8-9,12,14H,4-7,10-11,13H2,1-3H3. The van der Waals surface area contributed by atoms with Crippen LogP contribution < -0.4 is 0 Å². The molecule has 1 aliphatic rings. The average Bonchev–Trinajstić information content (AvgIpc) is 2.58. The maximum Gasteiger partial charge on any atom is 0.272 e.